The summed E-state index contributed by atoms with van der Waals surface area (Å²) in [6.45, 7) is 17.4. The van der Waals surface area contributed by atoms with Crippen molar-refractivity contribution < 1.29 is 34.0 Å². The fraction of sp³-hybridized carbons (Fsp3) is 0.909. The van der Waals surface area contributed by atoms with Gasteiger partial charge in [-0.3, -0.25) is 4.79 Å². The second-order valence-corrected chi connectivity index (χ2v) is 19.6. The second-order valence-electron chi connectivity index (χ2n) is 19.6. The molecule has 5 aliphatic carbocycles. The normalized spacial score (nSPS) is 42.8. The quantitative estimate of drug-likeness (QED) is 0.199. The van der Waals surface area contributed by atoms with Crippen molar-refractivity contribution in [1.82, 2.24) is 9.80 Å². The Kier molecular flexibility index (Phi) is 11.1. The number of aliphatic hydroxyl groups is 2. The summed E-state index contributed by atoms with van der Waals surface area (Å²) < 4.78 is 18.7. The molecule has 0 aromatic rings. The standard InChI is InChI=1S/C44H70N2O7/c1-8-10-17-43-30(5)44(43)18-16-35(53-37-26-46(21-22-51-37)36(47)24-31-12-13-31)41(6,7)34(44)15-14-33(43)32-25-42(9-2,39(49)38(32)48)29(4)23-28(3)27-52-40(50)45-19-11-20-45/h2,28-35,37-39,48-49H,8,10-27H2,1,3-7H3. The second kappa shape index (κ2) is 14.9. The summed E-state index contributed by atoms with van der Waals surface area (Å²) in [5.74, 6) is 5.19. The number of carbonyl (C=O) groups is 2. The van der Waals surface area contributed by atoms with Crippen LogP contribution in [0.2, 0.25) is 0 Å². The first-order valence-corrected chi connectivity index (χ1v) is 21.6. The number of hydrogen-bond acceptors (Lipinski definition) is 7. The van der Waals surface area contributed by atoms with Gasteiger partial charge in [-0.15, -0.1) is 6.42 Å². The maximum atomic E-state index is 13.0. The van der Waals surface area contributed by atoms with Crippen LogP contribution >= 0.6 is 0 Å². The van der Waals surface area contributed by atoms with E-state index in [0.29, 0.717) is 62.8 Å². The van der Waals surface area contributed by atoms with E-state index in [9.17, 15) is 19.8 Å². The molecular weight excluding hydrogens is 668 g/mol. The van der Waals surface area contributed by atoms with Crippen LogP contribution in [0.25, 0.3) is 0 Å². The highest BCUT2D eigenvalue weighted by Crippen LogP contribution is 2.87. The molecule has 7 rings (SSSR count). The fourth-order valence-electron chi connectivity index (χ4n) is 13.4. The molecule has 13 unspecified atom stereocenters. The first kappa shape index (κ1) is 39.4. The molecule has 0 radical (unpaired) electrons. The van der Waals surface area contributed by atoms with Crippen molar-refractivity contribution in [2.75, 3.05) is 39.4 Å². The zero-order chi connectivity index (χ0) is 37.9. The number of morpholine rings is 1. The van der Waals surface area contributed by atoms with Crippen LogP contribution in [-0.2, 0) is 19.0 Å². The number of unbranched alkanes of at least 4 members (excludes halogenated alkanes) is 1. The number of amides is 2. The summed E-state index contributed by atoms with van der Waals surface area (Å²) in [4.78, 5) is 29.0. The molecule has 2 amide bonds. The number of nitrogens with zero attached hydrogens (tertiary/aromatic N) is 2. The predicted molar refractivity (Wildman–Crippen MR) is 203 cm³/mol. The number of carbonyl (C=O) groups excluding carboxylic acids is 2. The topological polar surface area (TPSA) is 109 Å². The van der Waals surface area contributed by atoms with E-state index in [-0.39, 0.29) is 58.4 Å². The number of likely N-dealkylation sites (tertiary alicyclic amines) is 1. The number of aliphatic hydroxyl groups excluding tert-OH is 2. The molecule has 0 aromatic carbocycles. The Morgan fingerprint density at radius 2 is 1.81 bits per heavy atom. The summed E-state index contributed by atoms with van der Waals surface area (Å²) in [7, 11) is 0. The van der Waals surface area contributed by atoms with Gasteiger partial charge in [-0.25, -0.2) is 4.79 Å². The predicted octanol–water partition coefficient (Wildman–Crippen LogP) is 6.88. The van der Waals surface area contributed by atoms with Crippen LogP contribution in [0.3, 0.4) is 0 Å². The molecule has 13 atom stereocenters. The van der Waals surface area contributed by atoms with Gasteiger partial charge in [0.2, 0.25) is 5.91 Å². The van der Waals surface area contributed by atoms with Gasteiger partial charge in [0.25, 0.3) is 0 Å². The van der Waals surface area contributed by atoms with Crippen LogP contribution in [0.5, 0.6) is 0 Å². The van der Waals surface area contributed by atoms with E-state index in [0.717, 1.165) is 70.9 Å². The third-order valence-corrected chi connectivity index (χ3v) is 16.6. The maximum Gasteiger partial charge on any atom is 0.409 e. The third kappa shape index (κ3) is 6.56. The van der Waals surface area contributed by atoms with Gasteiger partial charge in [0, 0.05) is 26.1 Å². The van der Waals surface area contributed by atoms with Crippen LogP contribution in [0.15, 0.2) is 0 Å². The maximum absolute atomic E-state index is 13.0. The SMILES string of the molecule is C#CC1(C(C)CC(C)COC(=O)N2CCC2)CC(C2CCC3C(C)(C)C(OC4CN(C(=O)CC5CC5)CCO4)CCC34C(C)C24CCCC)C(O)C1O. The number of hydrogen-bond donors (Lipinski definition) is 2. The van der Waals surface area contributed by atoms with E-state index in [1.54, 1.807) is 4.90 Å². The van der Waals surface area contributed by atoms with E-state index >= 15 is 0 Å². The minimum Gasteiger partial charge on any atom is -0.449 e. The van der Waals surface area contributed by atoms with Crippen LogP contribution in [-0.4, -0.2) is 96.0 Å². The zero-order valence-corrected chi connectivity index (χ0v) is 33.7. The molecule has 9 nitrogen and oxygen atoms in total. The van der Waals surface area contributed by atoms with E-state index in [4.69, 9.17) is 20.6 Å². The molecular formula is C44H70N2O7. The molecule has 53 heavy (non-hydrogen) atoms. The molecule has 7 aliphatic rings. The average Bonchev–Trinajstić information content (AvgIpc) is 4.00. The summed E-state index contributed by atoms with van der Waals surface area (Å²) in [5.41, 5.74) is -0.637. The van der Waals surface area contributed by atoms with Crippen molar-refractivity contribution in [3.05, 3.63) is 0 Å². The molecule has 298 valence electrons. The lowest BCUT2D eigenvalue weighted by atomic mass is 9.50. The Morgan fingerprint density at radius 1 is 1.06 bits per heavy atom. The fourth-order valence-corrected chi connectivity index (χ4v) is 13.4. The first-order valence-electron chi connectivity index (χ1n) is 21.6. The van der Waals surface area contributed by atoms with E-state index in [1.807, 2.05) is 4.90 Å². The van der Waals surface area contributed by atoms with Gasteiger partial charge in [0.1, 0.15) is 0 Å². The van der Waals surface area contributed by atoms with Gasteiger partial charge in [-0.1, -0.05) is 60.3 Å². The van der Waals surface area contributed by atoms with Gasteiger partial charge < -0.3 is 34.2 Å². The van der Waals surface area contributed by atoms with Gasteiger partial charge in [-0.05, 0) is 122 Å². The molecule has 2 heterocycles. The molecule has 5 saturated carbocycles. The number of ether oxygens (including phenoxy) is 3. The molecule has 0 bridgehead atoms. The smallest absolute Gasteiger partial charge is 0.409 e. The van der Waals surface area contributed by atoms with Gasteiger partial charge in [0.15, 0.2) is 6.29 Å². The van der Waals surface area contributed by atoms with Crippen molar-refractivity contribution in [3.8, 4) is 12.3 Å². The molecule has 2 saturated heterocycles. The van der Waals surface area contributed by atoms with Crippen LogP contribution in [0.4, 0.5) is 4.79 Å². The highest BCUT2D eigenvalue weighted by molar-refractivity contribution is 5.76. The highest BCUT2D eigenvalue weighted by Gasteiger charge is 2.83. The number of terminal acetylenes is 1. The van der Waals surface area contributed by atoms with Gasteiger partial charge in [0.05, 0.1) is 43.5 Å². The van der Waals surface area contributed by atoms with E-state index < -0.39 is 17.6 Å². The minimum absolute atomic E-state index is 0.0400. The van der Waals surface area contributed by atoms with Crippen molar-refractivity contribution in [2.45, 2.75) is 150 Å². The lowest BCUT2D eigenvalue weighted by molar-refractivity contribution is -0.243. The number of rotatable bonds is 13. The molecule has 2 N–H and O–H groups in total. The monoisotopic (exact) mass is 739 g/mol. The molecule has 7 fully saturated rings. The van der Waals surface area contributed by atoms with Crippen LogP contribution < -0.4 is 0 Å². The Balaban J connectivity index is 1.06. The summed E-state index contributed by atoms with van der Waals surface area (Å²) in [6, 6.07) is 0. The zero-order valence-electron chi connectivity index (χ0n) is 33.7. The molecule has 9 heteroatoms. The van der Waals surface area contributed by atoms with Gasteiger partial charge in [-0.2, -0.15) is 0 Å². The molecule has 2 aliphatic heterocycles. The van der Waals surface area contributed by atoms with Crippen LogP contribution in [0.1, 0.15) is 125 Å². The van der Waals surface area contributed by atoms with E-state index in [2.05, 4.69) is 47.5 Å². The van der Waals surface area contributed by atoms with Gasteiger partial charge >= 0.3 is 6.09 Å². The van der Waals surface area contributed by atoms with Crippen molar-refractivity contribution in [1.29, 1.82) is 0 Å². The summed E-state index contributed by atoms with van der Waals surface area (Å²) >= 11 is 0. The Labute approximate surface area is 319 Å². The highest BCUT2D eigenvalue weighted by atomic mass is 16.7. The lowest BCUT2D eigenvalue weighted by Crippen LogP contribution is -2.55. The van der Waals surface area contributed by atoms with E-state index in [1.165, 1.54) is 12.8 Å². The van der Waals surface area contributed by atoms with Crippen molar-refractivity contribution in [2.24, 2.45) is 63.1 Å². The summed E-state index contributed by atoms with van der Waals surface area (Å²) in [5, 5.41) is 24.0. The lowest BCUT2D eigenvalue weighted by Gasteiger charge is -2.56. The van der Waals surface area contributed by atoms with Crippen molar-refractivity contribution in [3.63, 3.8) is 0 Å². The van der Waals surface area contributed by atoms with Crippen LogP contribution in [0, 0.1) is 75.4 Å². The largest absolute Gasteiger partial charge is 0.449 e. The third-order valence-electron chi connectivity index (χ3n) is 16.6. The minimum atomic E-state index is -0.985. The first-order chi connectivity index (χ1) is 25.3. The molecule has 0 aromatic heterocycles. The average molecular weight is 739 g/mol. The Bertz CT molecular complexity index is 1390. The summed E-state index contributed by atoms with van der Waals surface area (Å²) in [6.07, 6.45) is 16.9. The Morgan fingerprint density at radius 3 is 2.47 bits per heavy atom. The molecule has 1 spiro atoms. The van der Waals surface area contributed by atoms with Crippen molar-refractivity contribution >= 4 is 12.0 Å². The Hall–Kier alpha value is -1.86.